The van der Waals surface area contributed by atoms with Gasteiger partial charge in [-0.25, -0.2) is 15.0 Å². The SMILES string of the molecule is Cc1nc(C)c2c(C)c(C(=O)Nc3ncc(C)s3)sc2n1. The van der Waals surface area contributed by atoms with Crippen LogP contribution in [0.4, 0.5) is 5.13 Å². The first-order chi connectivity index (χ1) is 9.95. The zero-order chi connectivity index (χ0) is 15.1. The Balaban J connectivity index is 2.02. The normalized spacial score (nSPS) is 11.0. The Kier molecular flexibility index (Phi) is 3.46. The maximum absolute atomic E-state index is 12.4. The lowest BCUT2D eigenvalue weighted by Crippen LogP contribution is -2.11. The molecule has 0 unspecified atom stereocenters. The standard InChI is InChI=1S/C14H14N4OS2/c1-6-5-15-14(20-6)18-12(19)11-7(2)10-8(3)16-9(4)17-13(10)21-11/h5H,1-4H3,(H,15,18,19). The molecule has 3 aromatic heterocycles. The van der Waals surface area contributed by atoms with Crippen molar-refractivity contribution in [2.75, 3.05) is 5.32 Å². The lowest BCUT2D eigenvalue weighted by atomic mass is 10.1. The molecule has 0 aliphatic rings. The van der Waals surface area contributed by atoms with Gasteiger partial charge in [0.2, 0.25) is 0 Å². The monoisotopic (exact) mass is 318 g/mol. The molecule has 0 aliphatic carbocycles. The molecule has 0 spiro atoms. The summed E-state index contributed by atoms with van der Waals surface area (Å²) < 4.78 is 0. The third-order valence-corrected chi connectivity index (χ3v) is 5.14. The van der Waals surface area contributed by atoms with E-state index in [2.05, 4.69) is 20.3 Å². The van der Waals surface area contributed by atoms with Gasteiger partial charge in [-0.1, -0.05) is 0 Å². The molecule has 1 N–H and O–H groups in total. The summed E-state index contributed by atoms with van der Waals surface area (Å²) in [4.78, 5) is 28.0. The van der Waals surface area contributed by atoms with Crippen LogP contribution in [-0.4, -0.2) is 20.9 Å². The summed E-state index contributed by atoms with van der Waals surface area (Å²) in [6, 6.07) is 0. The molecule has 0 radical (unpaired) electrons. The first-order valence-electron chi connectivity index (χ1n) is 6.44. The number of nitrogens with zero attached hydrogens (tertiary/aromatic N) is 3. The van der Waals surface area contributed by atoms with E-state index in [1.54, 1.807) is 6.20 Å². The fourth-order valence-corrected chi connectivity index (χ4v) is 4.09. The average Bonchev–Trinajstić information content (AvgIpc) is 2.93. The first-order valence-corrected chi connectivity index (χ1v) is 8.07. The zero-order valence-electron chi connectivity index (χ0n) is 12.1. The molecule has 3 aromatic rings. The van der Waals surface area contributed by atoms with Gasteiger partial charge in [0.15, 0.2) is 5.13 Å². The quantitative estimate of drug-likeness (QED) is 0.783. The molecular weight excluding hydrogens is 304 g/mol. The Bertz CT molecular complexity index is 850. The predicted octanol–water partition coefficient (Wildman–Crippen LogP) is 3.63. The van der Waals surface area contributed by atoms with E-state index in [1.807, 2.05) is 27.7 Å². The first kappa shape index (κ1) is 14.1. The number of aryl methyl sites for hydroxylation is 4. The van der Waals surface area contributed by atoms with Gasteiger partial charge in [-0.3, -0.25) is 10.1 Å². The van der Waals surface area contributed by atoms with Crippen LogP contribution >= 0.6 is 22.7 Å². The Morgan fingerprint density at radius 3 is 2.57 bits per heavy atom. The van der Waals surface area contributed by atoms with E-state index < -0.39 is 0 Å². The fraction of sp³-hybridized carbons (Fsp3) is 0.286. The zero-order valence-corrected chi connectivity index (χ0v) is 13.8. The second kappa shape index (κ2) is 5.16. The van der Waals surface area contributed by atoms with Crippen LogP contribution < -0.4 is 5.32 Å². The van der Waals surface area contributed by atoms with Gasteiger partial charge in [0.25, 0.3) is 5.91 Å². The molecular formula is C14H14N4OS2. The number of fused-ring (bicyclic) bond motifs is 1. The summed E-state index contributed by atoms with van der Waals surface area (Å²) in [5.41, 5.74) is 1.84. The molecule has 108 valence electrons. The number of carbonyl (C=O) groups excluding carboxylic acids is 1. The van der Waals surface area contributed by atoms with Crippen LogP contribution in [0.25, 0.3) is 10.2 Å². The highest BCUT2D eigenvalue weighted by Gasteiger charge is 2.19. The average molecular weight is 318 g/mol. The molecule has 5 nitrogen and oxygen atoms in total. The van der Waals surface area contributed by atoms with E-state index in [-0.39, 0.29) is 5.91 Å². The third-order valence-electron chi connectivity index (χ3n) is 3.13. The van der Waals surface area contributed by atoms with E-state index in [0.717, 1.165) is 32.2 Å². The van der Waals surface area contributed by atoms with E-state index in [4.69, 9.17) is 0 Å². The summed E-state index contributed by atoms with van der Waals surface area (Å²) in [6.45, 7) is 7.70. The second-order valence-corrected chi connectivity index (χ2v) is 7.06. The van der Waals surface area contributed by atoms with Crippen LogP contribution in [0, 0.1) is 27.7 Å². The Morgan fingerprint density at radius 1 is 1.14 bits per heavy atom. The molecule has 0 fully saturated rings. The van der Waals surface area contributed by atoms with Crippen LogP contribution in [0.3, 0.4) is 0 Å². The summed E-state index contributed by atoms with van der Waals surface area (Å²) in [5.74, 6) is 0.589. The summed E-state index contributed by atoms with van der Waals surface area (Å²) >= 11 is 2.86. The minimum Gasteiger partial charge on any atom is -0.297 e. The number of thiophene rings is 1. The van der Waals surface area contributed by atoms with Crippen molar-refractivity contribution in [3.8, 4) is 0 Å². The van der Waals surface area contributed by atoms with Gasteiger partial charge in [0, 0.05) is 22.2 Å². The van der Waals surface area contributed by atoms with Gasteiger partial charge in [-0.2, -0.15) is 0 Å². The second-order valence-electron chi connectivity index (χ2n) is 4.82. The molecule has 0 aliphatic heterocycles. The van der Waals surface area contributed by atoms with Crippen molar-refractivity contribution in [1.29, 1.82) is 0 Å². The number of anilines is 1. The van der Waals surface area contributed by atoms with E-state index in [1.165, 1.54) is 22.7 Å². The summed E-state index contributed by atoms with van der Waals surface area (Å²) in [6.07, 6.45) is 1.75. The maximum atomic E-state index is 12.4. The van der Waals surface area contributed by atoms with Crippen molar-refractivity contribution in [2.24, 2.45) is 0 Å². The van der Waals surface area contributed by atoms with Crippen LogP contribution in [-0.2, 0) is 0 Å². The minimum absolute atomic E-state index is 0.137. The molecule has 0 saturated heterocycles. The largest absolute Gasteiger partial charge is 0.297 e. The summed E-state index contributed by atoms with van der Waals surface area (Å²) in [7, 11) is 0. The van der Waals surface area contributed by atoms with Gasteiger partial charge in [0.1, 0.15) is 10.7 Å². The van der Waals surface area contributed by atoms with Crippen molar-refractivity contribution in [2.45, 2.75) is 27.7 Å². The van der Waals surface area contributed by atoms with E-state index in [9.17, 15) is 4.79 Å². The van der Waals surface area contributed by atoms with Gasteiger partial charge >= 0.3 is 0 Å². The smallest absolute Gasteiger partial charge is 0.267 e. The maximum Gasteiger partial charge on any atom is 0.267 e. The molecule has 7 heteroatoms. The van der Waals surface area contributed by atoms with Crippen LogP contribution in [0.5, 0.6) is 0 Å². The minimum atomic E-state index is -0.137. The molecule has 1 amide bonds. The number of thiazole rings is 1. The summed E-state index contributed by atoms with van der Waals surface area (Å²) in [5, 5.41) is 4.44. The predicted molar refractivity (Wildman–Crippen MR) is 86.4 cm³/mol. The van der Waals surface area contributed by atoms with Gasteiger partial charge in [0.05, 0.1) is 4.88 Å². The molecule has 3 heterocycles. The Hall–Kier alpha value is -1.86. The fourth-order valence-electron chi connectivity index (χ4n) is 2.26. The van der Waals surface area contributed by atoms with Crippen molar-refractivity contribution in [3.05, 3.63) is 33.0 Å². The lowest BCUT2D eigenvalue weighted by Gasteiger charge is -2.00. The Morgan fingerprint density at radius 2 is 1.90 bits per heavy atom. The van der Waals surface area contributed by atoms with Gasteiger partial charge in [-0.15, -0.1) is 22.7 Å². The number of carbonyl (C=O) groups is 1. The van der Waals surface area contributed by atoms with Crippen LogP contribution in [0.1, 0.15) is 31.6 Å². The molecule has 0 saturated carbocycles. The van der Waals surface area contributed by atoms with E-state index >= 15 is 0 Å². The third kappa shape index (κ3) is 2.54. The number of hydrogen-bond donors (Lipinski definition) is 1. The van der Waals surface area contributed by atoms with Crippen LogP contribution in [0.15, 0.2) is 6.20 Å². The topological polar surface area (TPSA) is 67.8 Å². The number of amides is 1. The number of nitrogens with one attached hydrogen (secondary N) is 1. The van der Waals surface area contributed by atoms with Crippen molar-refractivity contribution >= 4 is 43.9 Å². The Labute approximate surface area is 130 Å². The number of aromatic nitrogens is 3. The van der Waals surface area contributed by atoms with Gasteiger partial charge in [-0.05, 0) is 33.3 Å². The van der Waals surface area contributed by atoms with Gasteiger partial charge < -0.3 is 0 Å². The van der Waals surface area contributed by atoms with Crippen molar-refractivity contribution < 1.29 is 4.79 Å². The lowest BCUT2D eigenvalue weighted by molar-refractivity contribution is 0.103. The molecule has 0 bridgehead atoms. The number of hydrogen-bond acceptors (Lipinski definition) is 6. The highest BCUT2D eigenvalue weighted by molar-refractivity contribution is 7.21. The highest BCUT2D eigenvalue weighted by Crippen LogP contribution is 2.32. The van der Waals surface area contributed by atoms with Crippen molar-refractivity contribution in [3.63, 3.8) is 0 Å². The molecule has 0 atom stereocenters. The van der Waals surface area contributed by atoms with Crippen LogP contribution in [0.2, 0.25) is 0 Å². The molecule has 21 heavy (non-hydrogen) atoms. The van der Waals surface area contributed by atoms with E-state index in [0.29, 0.717) is 10.0 Å². The molecule has 0 aromatic carbocycles. The number of rotatable bonds is 2. The molecule has 3 rings (SSSR count). The highest BCUT2D eigenvalue weighted by atomic mass is 32.1. The van der Waals surface area contributed by atoms with Crippen molar-refractivity contribution in [1.82, 2.24) is 15.0 Å².